The molecule has 0 atom stereocenters. The Morgan fingerprint density at radius 3 is 2.75 bits per heavy atom. The lowest BCUT2D eigenvalue weighted by atomic mass is 10.2. The maximum Gasteiger partial charge on any atom is 0.273 e. The van der Waals surface area contributed by atoms with Crippen LogP contribution in [-0.2, 0) is 5.75 Å². The maximum atomic E-state index is 12.9. The number of piperazine rings is 1. The molecule has 2 aromatic heterocycles. The Balaban J connectivity index is 1.18. The highest BCUT2D eigenvalue weighted by Crippen LogP contribution is 2.29. The van der Waals surface area contributed by atoms with Crippen LogP contribution in [0.15, 0.2) is 57.5 Å². The second-order valence-corrected chi connectivity index (χ2v) is 9.88. The number of anilines is 1. The number of amides is 1. The lowest BCUT2D eigenvalue weighted by Crippen LogP contribution is -2.48. The Hall–Kier alpha value is -2.55. The van der Waals surface area contributed by atoms with Crippen LogP contribution in [0.5, 0.6) is 0 Å². The second kappa shape index (κ2) is 9.13. The third-order valence-corrected chi connectivity index (χ3v) is 7.54. The number of oxazole rings is 1. The minimum atomic E-state index is -0.0132. The molecule has 1 aliphatic heterocycles. The van der Waals surface area contributed by atoms with E-state index in [1.807, 2.05) is 59.7 Å². The second-order valence-electron chi connectivity index (χ2n) is 7.58. The summed E-state index contributed by atoms with van der Waals surface area (Å²) in [5.41, 5.74) is 4.37. The van der Waals surface area contributed by atoms with Gasteiger partial charge in [-0.15, -0.1) is 11.3 Å². The lowest BCUT2D eigenvalue weighted by molar-refractivity contribution is 0.0741. The summed E-state index contributed by atoms with van der Waals surface area (Å²) in [5, 5.41) is 4.07. The zero-order chi connectivity index (χ0) is 22.1. The predicted molar refractivity (Wildman–Crippen MR) is 130 cm³/mol. The van der Waals surface area contributed by atoms with Gasteiger partial charge in [0.25, 0.3) is 11.1 Å². The zero-order valence-electron chi connectivity index (χ0n) is 17.5. The molecule has 0 unspecified atom stereocenters. The molecule has 0 N–H and O–H groups in total. The Morgan fingerprint density at radius 2 is 1.97 bits per heavy atom. The summed E-state index contributed by atoms with van der Waals surface area (Å²) >= 11 is 9.10. The van der Waals surface area contributed by atoms with Crippen molar-refractivity contribution in [3.63, 3.8) is 0 Å². The van der Waals surface area contributed by atoms with Gasteiger partial charge in [-0.25, -0.2) is 9.97 Å². The van der Waals surface area contributed by atoms with Crippen molar-refractivity contribution in [1.29, 1.82) is 0 Å². The molecule has 9 heteroatoms. The topological polar surface area (TPSA) is 62.5 Å². The van der Waals surface area contributed by atoms with Crippen molar-refractivity contribution in [2.45, 2.75) is 17.9 Å². The molecule has 1 amide bonds. The number of fused-ring (bicyclic) bond motifs is 1. The number of halogens is 1. The van der Waals surface area contributed by atoms with Crippen molar-refractivity contribution in [1.82, 2.24) is 14.9 Å². The third-order valence-electron chi connectivity index (χ3n) is 5.43. The van der Waals surface area contributed by atoms with Crippen LogP contribution in [0.1, 0.15) is 21.1 Å². The van der Waals surface area contributed by atoms with E-state index in [9.17, 15) is 4.79 Å². The Morgan fingerprint density at radius 1 is 1.16 bits per heavy atom. The molecule has 0 saturated carbocycles. The maximum absolute atomic E-state index is 12.9. The summed E-state index contributed by atoms with van der Waals surface area (Å²) in [6, 6.07) is 13.7. The van der Waals surface area contributed by atoms with Gasteiger partial charge >= 0.3 is 0 Å². The van der Waals surface area contributed by atoms with Gasteiger partial charge in [0, 0.05) is 42.3 Å². The number of carbonyl (C=O) groups excluding carboxylic acids is 1. The number of benzene rings is 2. The van der Waals surface area contributed by atoms with Gasteiger partial charge in [0.1, 0.15) is 16.2 Å². The van der Waals surface area contributed by atoms with E-state index in [1.165, 1.54) is 23.1 Å². The first-order chi connectivity index (χ1) is 15.6. The number of carbonyl (C=O) groups is 1. The van der Waals surface area contributed by atoms with Crippen LogP contribution in [0.25, 0.3) is 11.1 Å². The van der Waals surface area contributed by atoms with Crippen LogP contribution < -0.4 is 4.90 Å². The number of hydrogen-bond acceptors (Lipinski definition) is 7. The van der Waals surface area contributed by atoms with Gasteiger partial charge in [0.05, 0.1) is 5.75 Å². The Kier molecular flexibility index (Phi) is 6.08. The van der Waals surface area contributed by atoms with E-state index in [4.69, 9.17) is 16.0 Å². The number of thioether (sulfide) groups is 1. The monoisotopic (exact) mass is 484 g/mol. The first-order valence-corrected chi connectivity index (χ1v) is 12.5. The fourth-order valence-corrected chi connectivity index (χ4v) is 5.53. The normalized spacial score (nSPS) is 14.3. The molecule has 1 aliphatic rings. The molecule has 1 fully saturated rings. The fourth-order valence-electron chi connectivity index (χ4n) is 3.73. The van der Waals surface area contributed by atoms with Gasteiger partial charge in [-0.05, 0) is 36.8 Å². The van der Waals surface area contributed by atoms with Crippen molar-refractivity contribution in [3.8, 4) is 0 Å². The fraction of sp³-hybridized carbons (Fsp3) is 0.261. The van der Waals surface area contributed by atoms with E-state index in [1.54, 1.807) is 0 Å². The molecular formula is C23H21ClN4O2S2. The van der Waals surface area contributed by atoms with Gasteiger partial charge in [-0.3, -0.25) is 4.79 Å². The van der Waals surface area contributed by atoms with E-state index < -0.39 is 0 Å². The van der Waals surface area contributed by atoms with Gasteiger partial charge < -0.3 is 14.2 Å². The van der Waals surface area contributed by atoms with Crippen LogP contribution in [0.2, 0.25) is 5.02 Å². The van der Waals surface area contributed by atoms with Crippen LogP contribution in [0.4, 0.5) is 5.69 Å². The molecule has 5 rings (SSSR count). The van der Waals surface area contributed by atoms with E-state index in [0.29, 0.717) is 29.8 Å². The number of para-hydroxylation sites is 1. The van der Waals surface area contributed by atoms with Gasteiger partial charge in [-0.2, -0.15) is 0 Å². The minimum absolute atomic E-state index is 0.0132. The average Bonchev–Trinajstić information content (AvgIpc) is 3.45. The van der Waals surface area contributed by atoms with Gasteiger partial charge in [-0.1, -0.05) is 41.6 Å². The van der Waals surface area contributed by atoms with E-state index in [2.05, 4.69) is 14.9 Å². The summed E-state index contributed by atoms with van der Waals surface area (Å²) in [6.45, 7) is 4.89. The van der Waals surface area contributed by atoms with Crippen molar-refractivity contribution in [3.05, 3.63) is 69.1 Å². The zero-order valence-corrected chi connectivity index (χ0v) is 19.8. The molecule has 1 saturated heterocycles. The summed E-state index contributed by atoms with van der Waals surface area (Å²) in [4.78, 5) is 26.2. The van der Waals surface area contributed by atoms with Crippen LogP contribution >= 0.6 is 34.7 Å². The molecule has 0 radical (unpaired) electrons. The molecule has 0 aliphatic carbocycles. The van der Waals surface area contributed by atoms with Crippen molar-refractivity contribution >= 4 is 57.4 Å². The summed E-state index contributed by atoms with van der Waals surface area (Å²) in [7, 11) is 0. The first kappa shape index (κ1) is 21.3. The Labute approximate surface area is 199 Å². The molecule has 2 aromatic carbocycles. The highest BCUT2D eigenvalue weighted by molar-refractivity contribution is 7.98. The van der Waals surface area contributed by atoms with Crippen molar-refractivity contribution < 1.29 is 9.21 Å². The SMILES string of the molecule is Cc1cccc2oc(SCc3nc(C(=O)N4CCN(c5cccc(Cl)c5)CC4)cs3)nc12. The molecule has 0 bridgehead atoms. The molecule has 4 aromatic rings. The van der Waals surface area contributed by atoms with Crippen LogP contribution in [-0.4, -0.2) is 47.0 Å². The summed E-state index contributed by atoms with van der Waals surface area (Å²) in [6.07, 6.45) is 0. The Bertz CT molecular complexity index is 1260. The van der Waals surface area contributed by atoms with E-state index in [0.717, 1.165) is 45.5 Å². The van der Waals surface area contributed by atoms with E-state index >= 15 is 0 Å². The molecule has 32 heavy (non-hydrogen) atoms. The summed E-state index contributed by atoms with van der Waals surface area (Å²) < 4.78 is 5.81. The number of aromatic nitrogens is 2. The number of aryl methyl sites for hydroxylation is 1. The molecule has 0 spiro atoms. The minimum Gasteiger partial charge on any atom is -0.431 e. The molecule has 6 nitrogen and oxygen atoms in total. The first-order valence-electron chi connectivity index (χ1n) is 10.3. The number of thiazole rings is 1. The average molecular weight is 485 g/mol. The highest BCUT2D eigenvalue weighted by atomic mass is 35.5. The van der Waals surface area contributed by atoms with Crippen molar-refractivity contribution in [2.24, 2.45) is 0 Å². The lowest BCUT2D eigenvalue weighted by Gasteiger charge is -2.35. The van der Waals surface area contributed by atoms with Crippen molar-refractivity contribution in [2.75, 3.05) is 31.1 Å². The van der Waals surface area contributed by atoms with Gasteiger partial charge in [0.2, 0.25) is 0 Å². The number of hydrogen-bond donors (Lipinski definition) is 0. The number of rotatable bonds is 5. The van der Waals surface area contributed by atoms with Crippen LogP contribution in [0, 0.1) is 6.92 Å². The van der Waals surface area contributed by atoms with Crippen LogP contribution in [0.3, 0.4) is 0 Å². The quantitative estimate of drug-likeness (QED) is 0.348. The van der Waals surface area contributed by atoms with E-state index in [-0.39, 0.29) is 5.91 Å². The molecule has 164 valence electrons. The van der Waals surface area contributed by atoms with Gasteiger partial charge in [0.15, 0.2) is 5.58 Å². The summed E-state index contributed by atoms with van der Waals surface area (Å²) in [5.74, 6) is 0.604. The molecular weight excluding hydrogens is 464 g/mol. The number of nitrogens with zero attached hydrogens (tertiary/aromatic N) is 4. The third kappa shape index (κ3) is 4.48. The highest BCUT2D eigenvalue weighted by Gasteiger charge is 2.24. The molecule has 3 heterocycles. The predicted octanol–water partition coefficient (Wildman–Crippen LogP) is 5.50. The standard InChI is InChI=1S/C23H21ClN4O2S2/c1-15-4-2-7-19-21(15)26-23(30-19)32-14-20-25-18(13-31-20)22(29)28-10-8-27(9-11-28)17-6-3-5-16(24)12-17/h2-7,12-13H,8-11,14H2,1H3. The largest absolute Gasteiger partial charge is 0.431 e. The smallest absolute Gasteiger partial charge is 0.273 e.